The number of thioether (sulfide) groups is 1. The molecule has 0 saturated carbocycles. The molecule has 3 nitrogen and oxygen atoms in total. The van der Waals surface area contributed by atoms with Crippen LogP contribution in [0.1, 0.15) is 0 Å². The molecule has 7 heteroatoms. The van der Waals surface area contributed by atoms with E-state index in [0.717, 1.165) is 6.07 Å². The van der Waals surface area contributed by atoms with Crippen LogP contribution in [-0.4, -0.2) is 11.6 Å². The highest BCUT2D eigenvalue weighted by molar-refractivity contribution is 8.00. The lowest BCUT2D eigenvalue weighted by molar-refractivity contribution is -0.0328. The summed E-state index contributed by atoms with van der Waals surface area (Å²) in [6.07, 6.45) is 1.30. The normalized spacial score (nSPS) is 10.8. The van der Waals surface area contributed by atoms with Gasteiger partial charge in [-0.05, 0) is 42.1 Å². The monoisotopic (exact) mass is 311 g/mol. The van der Waals surface area contributed by atoms with Crippen molar-refractivity contribution >= 4 is 23.5 Å². The van der Waals surface area contributed by atoms with Crippen molar-refractivity contribution in [1.29, 1.82) is 0 Å². The summed E-state index contributed by atoms with van der Waals surface area (Å²) in [4.78, 5) is 13.7. The van der Waals surface area contributed by atoms with Crippen LogP contribution in [0.25, 0.3) is 0 Å². The van der Waals surface area contributed by atoms with Crippen LogP contribution >= 0.6 is 11.8 Å². The van der Waals surface area contributed by atoms with Gasteiger partial charge in [0.15, 0.2) is 5.75 Å². The third kappa shape index (κ3) is 4.66. The average molecular weight is 311 g/mol. The quantitative estimate of drug-likeness (QED) is 0.450. The second-order valence-electron chi connectivity index (χ2n) is 3.80. The summed E-state index contributed by atoms with van der Waals surface area (Å²) in [7, 11) is 0. The van der Waals surface area contributed by atoms with Gasteiger partial charge in [0, 0.05) is 4.90 Å². The molecule has 0 heterocycles. The lowest BCUT2D eigenvalue weighted by Crippen LogP contribution is -1.98. The highest BCUT2D eigenvalue weighted by Gasteiger charge is 2.29. The first-order valence-electron chi connectivity index (χ1n) is 5.68. The number of isocyanates is 1. The molecule has 0 N–H and O–H groups in total. The SMILES string of the molecule is O=C=Nc1cc(SC(F)(F)F)ccc1Oc1ccccc1. The first kappa shape index (κ1) is 15.2. The number of nitrogens with zero attached hydrogens (tertiary/aromatic N) is 1. The van der Waals surface area contributed by atoms with Gasteiger partial charge in [0.05, 0.1) is 0 Å². The van der Waals surface area contributed by atoms with Gasteiger partial charge >= 0.3 is 5.51 Å². The fraction of sp³-hybridized carbons (Fsp3) is 0.0714. The summed E-state index contributed by atoms with van der Waals surface area (Å²) < 4.78 is 42.5. The molecule has 0 aliphatic carbocycles. The molecule has 0 bridgehead atoms. The number of alkyl halides is 3. The topological polar surface area (TPSA) is 38.7 Å². The second-order valence-corrected chi connectivity index (χ2v) is 4.93. The maximum Gasteiger partial charge on any atom is 0.446 e. The van der Waals surface area contributed by atoms with Gasteiger partial charge in [-0.2, -0.15) is 18.2 Å². The molecule has 0 unspecified atom stereocenters. The Hall–Kier alpha value is -2.24. The van der Waals surface area contributed by atoms with E-state index in [4.69, 9.17) is 4.74 Å². The minimum atomic E-state index is -4.41. The smallest absolute Gasteiger partial charge is 0.446 e. The van der Waals surface area contributed by atoms with Crippen LogP contribution < -0.4 is 4.74 Å². The van der Waals surface area contributed by atoms with Crippen LogP contribution in [0, 0.1) is 0 Å². The lowest BCUT2D eigenvalue weighted by atomic mass is 10.3. The molecular formula is C14H8F3NO2S. The Kier molecular flexibility index (Phi) is 4.67. The van der Waals surface area contributed by atoms with Crippen molar-refractivity contribution in [1.82, 2.24) is 0 Å². The predicted octanol–water partition coefficient (Wildman–Crippen LogP) is 5.06. The van der Waals surface area contributed by atoms with Crippen molar-refractivity contribution in [3.63, 3.8) is 0 Å². The van der Waals surface area contributed by atoms with Crippen LogP contribution in [0.15, 0.2) is 58.4 Å². The molecule has 0 spiro atoms. The third-order valence-electron chi connectivity index (χ3n) is 2.30. The maximum atomic E-state index is 12.3. The van der Waals surface area contributed by atoms with Gasteiger partial charge < -0.3 is 4.74 Å². The van der Waals surface area contributed by atoms with Crippen molar-refractivity contribution in [3.05, 3.63) is 48.5 Å². The number of rotatable bonds is 4. The van der Waals surface area contributed by atoms with Gasteiger partial charge in [-0.1, -0.05) is 18.2 Å². The number of hydrogen-bond donors (Lipinski definition) is 0. The van der Waals surface area contributed by atoms with E-state index < -0.39 is 5.51 Å². The zero-order valence-corrected chi connectivity index (χ0v) is 11.2. The van der Waals surface area contributed by atoms with Crippen LogP contribution in [0.5, 0.6) is 11.5 Å². The van der Waals surface area contributed by atoms with E-state index in [2.05, 4.69) is 4.99 Å². The molecule has 0 amide bonds. The zero-order valence-electron chi connectivity index (χ0n) is 10.4. The third-order valence-corrected chi connectivity index (χ3v) is 3.02. The summed E-state index contributed by atoms with van der Waals surface area (Å²) in [5.41, 5.74) is -4.42. The molecule has 0 atom stereocenters. The summed E-state index contributed by atoms with van der Waals surface area (Å²) in [6.45, 7) is 0. The molecule has 2 aromatic carbocycles. The Bertz CT molecular complexity index is 668. The van der Waals surface area contributed by atoms with E-state index in [1.165, 1.54) is 18.2 Å². The molecule has 0 aliphatic rings. The van der Waals surface area contributed by atoms with Crippen LogP contribution in [0.4, 0.5) is 18.9 Å². The molecule has 21 heavy (non-hydrogen) atoms. The van der Waals surface area contributed by atoms with Gasteiger partial charge in [0.25, 0.3) is 0 Å². The molecule has 0 saturated heterocycles. The van der Waals surface area contributed by atoms with Gasteiger partial charge in [-0.15, -0.1) is 0 Å². The Morgan fingerprint density at radius 3 is 2.43 bits per heavy atom. The summed E-state index contributed by atoms with van der Waals surface area (Å²) in [6, 6.07) is 12.3. The number of carbonyl (C=O) groups excluding carboxylic acids is 1. The average Bonchev–Trinajstić information content (AvgIpc) is 2.41. The van der Waals surface area contributed by atoms with Crippen molar-refractivity contribution in [3.8, 4) is 11.5 Å². The van der Waals surface area contributed by atoms with Crippen LogP contribution in [0.2, 0.25) is 0 Å². The van der Waals surface area contributed by atoms with Gasteiger partial charge in [0.2, 0.25) is 6.08 Å². The van der Waals surface area contributed by atoms with Crippen molar-refractivity contribution < 1.29 is 22.7 Å². The molecule has 0 fully saturated rings. The molecule has 0 aromatic heterocycles. The first-order valence-corrected chi connectivity index (χ1v) is 6.50. The Balaban J connectivity index is 2.31. The number of halogens is 3. The molecule has 0 aliphatic heterocycles. The number of ether oxygens (including phenoxy) is 1. The minimum Gasteiger partial charge on any atom is -0.455 e. The highest BCUT2D eigenvalue weighted by atomic mass is 32.2. The van der Waals surface area contributed by atoms with Gasteiger partial charge in [0.1, 0.15) is 11.4 Å². The second kappa shape index (κ2) is 6.47. The van der Waals surface area contributed by atoms with Gasteiger partial charge in [-0.25, -0.2) is 4.79 Å². The first-order chi connectivity index (χ1) is 9.98. The standard InChI is InChI=1S/C14H8F3NO2S/c15-14(16,17)21-11-6-7-13(12(8-11)18-9-19)20-10-4-2-1-3-5-10/h1-8H. The molecule has 0 radical (unpaired) electrons. The molecule has 108 valence electrons. The number of hydrogen-bond acceptors (Lipinski definition) is 4. The van der Waals surface area contributed by atoms with Crippen molar-refractivity contribution in [2.24, 2.45) is 4.99 Å². The Morgan fingerprint density at radius 2 is 1.81 bits per heavy atom. The maximum absolute atomic E-state index is 12.3. The van der Waals surface area contributed by atoms with E-state index in [1.807, 2.05) is 0 Å². The Morgan fingerprint density at radius 1 is 1.10 bits per heavy atom. The van der Waals surface area contributed by atoms with E-state index in [1.54, 1.807) is 30.3 Å². The number of aliphatic imine (C=N–C) groups is 1. The molecule has 2 aromatic rings. The number of benzene rings is 2. The summed E-state index contributed by atoms with van der Waals surface area (Å²) in [5, 5.41) is 0. The van der Waals surface area contributed by atoms with Crippen LogP contribution in [0.3, 0.4) is 0 Å². The largest absolute Gasteiger partial charge is 0.455 e. The van der Waals surface area contributed by atoms with Crippen LogP contribution in [-0.2, 0) is 4.79 Å². The predicted molar refractivity (Wildman–Crippen MR) is 72.7 cm³/mol. The van der Waals surface area contributed by atoms with E-state index in [9.17, 15) is 18.0 Å². The number of para-hydroxylation sites is 1. The van der Waals surface area contributed by atoms with Gasteiger partial charge in [-0.3, -0.25) is 0 Å². The van der Waals surface area contributed by atoms with E-state index in [-0.39, 0.29) is 28.1 Å². The van der Waals surface area contributed by atoms with Crippen molar-refractivity contribution in [2.45, 2.75) is 10.4 Å². The molecular weight excluding hydrogens is 303 g/mol. The van der Waals surface area contributed by atoms with E-state index >= 15 is 0 Å². The summed E-state index contributed by atoms with van der Waals surface area (Å²) >= 11 is -0.290. The van der Waals surface area contributed by atoms with E-state index in [0.29, 0.717) is 5.75 Å². The highest BCUT2D eigenvalue weighted by Crippen LogP contribution is 2.41. The summed E-state index contributed by atoms with van der Waals surface area (Å²) in [5.74, 6) is 0.659. The molecule has 2 rings (SSSR count). The fourth-order valence-electron chi connectivity index (χ4n) is 1.53. The van der Waals surface area contributed by atoms with Crippen molar-refractivity contribution in [2.75, 3.05) is 0 Å². The Labute approximate surface area is 122 Å². The lowest BCUT2D eigenvalue weighted by Gasteiger charge is -2.10. The zero-order chi connectivity index (χ0) is 15.3. The fourth-order valence-corrected chi connectivity index (χ4v) is 2.11. The minimum absolute atomic E-state index is 0.0110.